The van der Waals surface area contributed by atoms with Crippen molar-refractivity contribution in [2.45, 2.75) is 11.1 Å². The SMILES string of the molecule is CN=C(Nc1cc(SCC(F)(F)F)c(Cl)cc1Cl)c1ccccc1. The Balaban J connectivity index is 2.26. The van der Waals surface area contributed by atoms with Gasteiger partial charge in [0.25, 0.3) is 0 Å². The topological polar surface area (TPSA) is 24.4 Å². The van der Waals surface area contributed by atoms with E-state index in [4.69, 9.17) is 23.2 Å². The number of nitrogens with one attached hydrogen (secondary N) is 1. The number of anilines is 1. The third-order valence-corrected chi connectivity index (χ3v) is 4.79. The van der Waals surface area contributed by atoms with Crippen LogP contribution in [0.5, 0.6) is 0 Å². The Kier molecular flexibility index (Phi) is 6.43. The minimum absolute atomic E-state index is 0.175. The number of thioether (sulfide) groups is 1. The molecule has 0 aliphatic heterocycles. The van der Waals surface area contributed by atoms with Crippen LogP contribution in [0.15, 0.2) is 52.4 Å². The Morgan fingerprint density at radius 3 is 2.38 bits per heavy atom. The molecule has 2 rings (SSSR count). The lowest BCUT2D eigenvalue weighted by molar-refractivity contribution is -0.105. The average molecular weight is 393 g/mol. The number of aliphatic imine (C=N–C) groups is 1. The molecule has 0 aliphatic carbocycles. The van der Waals surface area contributed by atoms with E-state index < -0.39 is 11.9 Å². The lowest BCUT2D eigenvalue weighted by atomic mass is 10.2. The molecule has 0 saturated carbocycles. The van der Waals surface area contributed by atoms with E-state index >= 15 is 0 Å². The molecule has 0 aromatic heterocycles. The molecule has 0 aliphatic rings. The number of nitrogens with zero attached hydrogens (tertiary/aromatic N) is 1. The molecule has 2 nitrogen and oxygen atoms in total. The Hall–Kier alpha value is -1.37. The van der Waals surface area contributed by atoms with Gasteiger partial charge in [0.05, 0.1) is 21.5 Å². The summed E-state index contributed by atoms with van der Waals surface area (Å²) in [6.45, 7) is 0. The van der Waals surface area contributed by atoms with Gasteiger partial charge < -0.3 is 5.32 Å². The lowest BCUT2D eigenvalue weighted by Gasteiger charge is -2.14. The van der Waals surface area contributed by atoms with Crippen LogP contribution in [0.25, 0.3) is 0 Å². The van der Waals surface area contributed by atoms with Crippen molar-refractivity contribution >= 4 is 46.5 Å². The Morgan fingerprint density at radius 2 is 1.79 bits per heavy atom. The molecule has 0 saturated heterocycles. The minimum Gasteiger partial charge on any atom is -0.339 e. The smallest absolute Gasteiger partial charge is 0.339 e. The standard InChI is InChI=1S/C16H13Cl2F3N2S/c1-22-15(10-5-3-2-4-6-10)23-13-8-14(12(18)7-11(13)17)24-9-16(19,20)21/h2-8H,9H2,1H3,(H,22,23). The first kappa shape index (κ1) is 19.0. The van der Waals surface area contributed by atoms with Gasteiger partial charge in [0, 0.05) is 17.5 Å². The van der Waals surface area contributed by atoms with Gasteiger partial charge in [-0.05, 0) is 12.1 Å². The summed E-state index contributed by atoms with van der Waals surface area (Å²) in [5.74, 6) is -0.479. The zero-order chi connectivity index (χ0) is 17.7. The molecule has 2 aromatic rings. The number of benzene rings is 2. The van der Waals surface area contributed by atoms with Crippen LogP contribution in [0.4, 0.5) is 18.9 Å². The van der Waals surface area contributed by atoms with E-state index in [2.05, 4.69) is 10.3 Å². The Bertz CT molecular complexity index is 734. The van der Waals surface area contributed by atoms with Crippen LogP contribution >= 0.6 is 35.0 Å². The first-order valence-corrected chi connectivity index (χ1v) is 8.52. The van der Waals surface area contributed by atoms with Gasteiger partial charge in [-0.2, -0.15) is 13.2 Å². The maximum atomic E-state index is 12.4. The van der Waals surface area contributed by atoms with Crippen molar-refractivity contribution in [3.05, 3.63) is 58.1 Å². The quantitative estimate of drug-likeness (QED) is 0.384. The van der Waals surface area contributed by atoms with Crippen molar-refractivity contribution in [2.24, 2.45) is 4.99 Å². The first-order chi connectivity index (χ1) is 11.3. The highest BCUT2D eigenvalue weighted by Crippen LogP contribution is 2.37. The molecule has 128 valence electrons. The fourth-order valence-corrected chi connectivity index (χ4v) is 3.19. The molecular formula is C16H13Cl2F3N2S. The molecule has 0 radical (unpaired) electrons. The summed E-state index contributed by atoms with van der Waals surface area (Å²) in [4.78, 5) is 4.45. The summed E-state index contributed by atoms with van der Waals surface area (Å²) < 4.78 is 37.2. The van der Waals surface area contributed by atoms with Crippen LogP contribution in [0, 0.1) is 0 Å². The number of hydrogen-bond acceptors (Lipinski definition) is 2. The highest BCUT2D eigenvalue weighted by atomic mass is 35.5. The van der Waals surface area contributed by atoms with Crippen molar-refractivity contribution in [3.8, 4) is 0 Å². The fraction of sp³-hybridized carbons (Fsp3) is 0.188. The van der Waals surface area contributed by atoms with Crippen LogP contribution in [0.1, 0.15) is 5.56 Å². The second kappa shape index (κ2) is 8.14. The predicted octanol–water partition coefficient (Wildman–Crippen LogP) is 6.14. The predicted molar refractivity (Wildman–Crippen MR) is 95.8 cm³/mol. The molecule has 0 amide bonds. The van der Waals surface area contributed by atoms with Crippen LogP contribution in [0.2, 0.25) is 10.0 Å². The average Bonchev–Trinajstić information content (AvgIpc) is 2.53. The number of hydrogen-bond donors (Lipinski definition) is 1. The van der Waals surface area contributed by atoms with E-state index in [1.54, 1.807) is 7.05 Å². The summed E-state index contributed by atoms with van der Waals surface area (Å²) in [6.07, 6.45) is -4.28. The van der Waals surface area contributed by atoms with Crippen molar-refractivity contribution in [1.29, 1.82) is 0 Å². The molecule has 0 heterocycles. The van der Waals surface area contributed by atoms with Gasteiger partial charge in [-0.25, -0.2) is 0 Å². The van der Waals surface area contributed by atoms with Gasteiger partial charge in [0.2, 0.25) is 0 Å². The second-order valence-electron chi connectivity index (χ2n) is 4.73. The Morgan fingerprint density at radius 1 is 1.12 bits per heavy atom. The first-order valence-electron chi connectivity index (χ1n) is 6.78. The zero-order valence-corrected chi connectivity index (χ0v) is 14.8. The van der Waals surface area contributed by atoms with Crippen molar-refractivity contribution in [2.75, 3.05) is 18.1 Å². The zero-order valence-electron chi connectivity index (χ0n) is 12.5. The third-order valence-electron chi connectivity index (χ3n) is 2.94. The molecule has 8 heteroatoms. The lowest BCUT2D eigenvalue weighted by Crippen LogP contribution is -2.14. The Labute approximate surface area is 152 Å². The van der Waals surface area contributed by atoms with Gasteiger partial charge in [-0.1, -0.05) is 53.5 Å². The molecule has 0 fully saturated rings. The van der Waals surface area contributed by atoms with Crippen LogP contribution in [-0.2, 0) is 0 Å². The summed E-state index contributed by atoms with van der Waals surface area (Å²) in [5, 5.41) is 3.52. The van der Waals surface area contributed by atoms with Crippen molar-refractivity contribution < 1.29 is 13.2 Å². The summed E-state index contributed by atoms with van der Waals surface area (Å²) in [7, 11) is 1.61. The molecule has 2 aromatic carbocycles. The van der Waals surface area contributed by atoms with Gasteiger partial charge in [0.15, 0.2) is 0 Å². The molecular weight excluding hydrogens is 380 g/mol. The van der Waals surface area contributed by atoms with E-state index in [0.717, 1.165) is 5.56 Å². The highest BCUT2D eigenvalue weighted by molar-refractivity contribution is 7.99. The maximum absolute atomic E-state index is 12.4. The van der Waals surface area contributed by atoms with Gasteiger partial charge in [-0.3, -0.25) is 4.99 Å². The number of alkyl halides is 3. The molecule has 0 unspecified atom stereocenters. The van der Waals surface area contributed by atoms with Gasteiger partial charge in [-0.15, -0.1) is 11.8 Å². The van der Waals surface area contributed by atoms with Gasteiger partial charge in [0.1, 0.15) is 5.84 Å². The highest BCUT2D eigenvalue weighted by Gasteiger charge is 2.28. The number of rotatable bonds is 4. The fourth-order valence-electron chi connectivity index (χ4n) is 1.88. The largest absolute Gasteiger partial charge is 0.398 e. The molecule has 0 bridgehead atoms. The summed E-state index contributed by atoms with van der Waals surface area (Å²) in [5.41, 5.74) is 1.27. The van der Waals surface area contributed by atoms with E-state index in [0.29, 0.717) is 33.2 Å². The number of halogens is 5. The third kappa shape index (κ3) is 5.33. The molecule has 1 N–H and O–H groups in total. The van der Waals surface area contributed by atoms with E-state index in [1.165, 1.54) is 12.1 Å². The molecule has 0 spiro atoms. The monoisotopic (exact) mass is 392 g/mol. The summed E-state index contributed by atoms with van der Waals surface area (Å²) >= 11 is 12.7. The molecule has 24 heavy (non-hydrogen) atoms. The van der Waals surface area contributed by atoms with Crippen molar-refractivity contribution in [3.63, 3.8) is 0 Å². The minimum atomic E-state index is -4.28. The maximum Gasteiger partial charge on any atom is 0.398 e. The molecule has 0 atom stereocenters. The van der Waals surface area contributed by atoms with E-state index in [1.807, 2.05) is 30.3 Å². The van der Waals surface area contributed by atoms with Crippen LogP contribution in [0.3, 0.4) is 0 Å². The van der Waals surface area contributed by atoms with E-state index in [-0.39, 0.29) is 5.02 Å². The second-order valence-corrected chi connectivity index (χ2v) is 6.56. The normalized spacial score (nSPS) is 12.3. The summed E-state index contributed by atoms with van der Waals surface area (Å²) in [6, 6.07) is 12.2. The number of amidine groups is 1. The van der Waals surface area contributed by atoms with Crippen LogP contribution in [-0.4, -0.2) is 24.8 Å². The van der Waals surface area contributed by atoms with Crippen molar-refractivity contribution in [1.82, 2.24) is 0 Å². The van der Waals surface area contributed by atoms with Gasteiger partial charge >= 0.3 is 6.18 Å². The van der Waals surface area contributed by atoms with Crippen LogP contribution < -0.4 is 5.32 Å². The van der Waals surface area contributed by atoms with E-state index in [9.17, 15) is 13.2 Å².